The minimum absolute atomic E-state index is 0.00887. The minimum Gasteiger partial charge on any atom is -0.370 e. The molecule has 0 aromatic heterocycles. The lowest BCUT2D eigenvalue weighted by Crippen LogP contribution is -3.14. The highest BCUT2D eigenvalue weighted by Gasteiger charge is 2.14. The van der Waals surface area contributed by atoms with E-state index in [4.69, 9.17) is 17.0 Å². The summed E-state index contributed by atoms with van der Waals surface area (Å²) in [6.45, 7) is 4.96. The van der Waals surface area contributed by atoms with Gasteiger partial charge in [-0.05, 0) is 18.3 Å². The number of thiocarbonyl (C=S) groups is 1. The summed E-state index contributed by atoms with van der Waals surface area (Å²) in [5.74, 6) is -0.589. The summed E-state index contributed by atoms with van der Waals surface area (Å²) in [6.07, 6.45) is 0. The zero-order valence-electron chi connectivity index (χ0n) is 11.9. The van der Waals surface area contributed by atoms with Crippen molar-refractivity contribution in [2.75, 3.05) is 44.7 Å². The second-order valence-corrected chi connectivity index (χ2v) is 5.32. The lowest BCUT2D eigenvalue weighted by atomic mass is 10.2. The van der Waals surface area contributed by atoms with Gasteiger partial charge in [-0.2, -0.15) is 0 Å². The molecule has 0 radical (unpaired) electrons. The van der Waals surface area contributed by atoms with Crippen LogP contribution in [-0.2, 0) is 4.74 Å². The van der Waals surface area contributed by atoms with Crippen LogP contribution in [0.4, 0.5) is 15.8 Å². The van der Waals surface area contributed by atoms with Crippen LogP contribution < -0.4 is 15.5 Å². The fraction of sp³-hybridized carbons (Fsp3) is 0.462. The molecule has 0 unspecified atom stereocenters. The number of halogens is 1. The van der Waals surface area contributed by atoms with Gasteiger partial charge < -0.3 is 20.3 Å². The van der Waals surface area contributed by atoms with Gasteiger partial charge in [0.2, 0.25) is 0 Å². The molecule has 0 aliphatic carbocycles. The van der Waals surface area contributed by atoms with E-state index in [9.17, 15) is 14.5 Å². The molecule has 2 rings (SSSR count). The molecule has 1 aromatic rings. The number of nitrogens with zero attached hydrogens (tertiary/aromatic N) is 1. The lowest BCUT2D eigenvalue weighted by molar-refractivity contribution is -0.906. The molecule has 1 heterocycles. The molecule has 0 atom stereocenters. The first-order chi connectivity index (χ1) is 10.6. The summed E-state index contributed by atoms with van der Waals surface area (Å²) in [5.41, 5.74) is -0.199. The number of quaternary nitrogens is 1. The number of non-ortho nitro benzene ring substituents is 1. The Hall–Kier alpha value is -1.84. The van der Waals surface area contributed by atoms with Gasteiger partial charge in [0.25, 0.3) is 5.69 Å². The van der Waals surface area contributed by atoms with E-state index in [1.807, 2.05) is 0 Å². The molecule has 1 fully saturated rings. The topological polar surface area (TPSA) is 80.9 Å². The largest absolute Gasteiger partial charge is 0.370 e. The van der Waals surface area contributed by atoms with Crippen LogP contribution in [-0.4, -0.2) is 49.4 Å². The molecule has 1 saturated heterocycles. The molecule has 9 heteroatoms. The van der Waals surface area contributed by atoms with Gasteiger partial charge in [0.1, 0.15) is 18.9 Å². The highest BCUT2D eigenvalue weighted by molar-refractivity contribution is 7.80. The Morgan fingerprint density at radius 2 is 2.18 bits per heavy atom. The molecule has 0 spiro atoms. The van der Waals surface area contributed by atoms with Crippen molar-refractivity contribution >= 4 is 28.7 Å². The Balaban J connectivity index is 1.81. The number of rotatable bonds is 5. The highest BCUT2D eigenvalue weighted by Crippen LogP contribution is 2.20. The Kier molecular flexibility index (Phi) is 5.99. The number of benzene rings is 1. The van der Waals surface area contributed by atoms with Crippen molar-refractivity contribution in [3.63, 3.8) is 0 Å². The molecule has 0 saturated carbocycles. The molecule has 1 aromatic carbocycles. The Bertz CT molecular complexity index is 552. The molecule has 1 aliphatic rings. The number of nitrogens with one attached hydrogen (secondary N) is 3. The van der Waals surface area contributed by atoms with E-state index in [-0.39, 0.29) is 16.5 Å². The highest BCUT2D eigenvalue weighted by atomic mass is 32.1. The van der Waals surface area contributed by atoms with Crippen molar-refractivity contribution in [3.05, 3.63) is 34.1 Å². The fourth-order valence-electron chi connectivity index (χ4n) is 2.15. The van der Waals surface area contributed by atoms with Crippen LogP contribution in [0.2, 0.25) is 0 Å². The van der Waals surface area contributed by atoms with E-state index in [1.165, 1.54) is 4.90 Å². The first-order valence-corrected chi connectivity index (χ1v) is 7.37. The van der Waals surface area contributed by atoms with Crippen LogP contribution in [0.25, 0.3) is 0 Å². The second-order valence-electron chi connectivity index (χ2n) is 4.91. The molecule has 0 amide bonds. The average Bonchev–Trinajstić information content (AvgIpc) is 2.50. The van der Waals surface area contributed by atoms with Gasteiger partial charge in [0.15, 0.2) is 5.11 Å². The van der Waals surface area contributed by atoms with Crippen LogP contribution in [0, 0.1) is 15.9 Å². The standard InChI is InChI=1S/C13H17FN4O3S/c14-11-2-1-10(18(19)20)9-12(11)16-13(22)15-3-4-17-5-7-21-8-6-17/h1-2,9H,3-8H2,(H2,15,16,22)/p+1. The smallest absolute Gasteiger partial charge is 0.271 e. The second kappa shape index (κ2) is 7.97. The van der Waals surface area contributed by atoms with E-state index in [2.05, 4.69) is 10.6 Å². The van der Waals surface area contributed by atoms with Crippen molar-refractivity contribution < 1.29 is 19.0 Å². The van der Waals surface area contributed by atoms with Gasteiger partial charge in [0, 0.05) is 12.1 Å². The monoisotopic (exact) mass is 329 g/mol. The number of hydrogen-bond acceptors (Lipinski definition) is 4. The number of ether oxygens (including phenoxy) is 1. The van der Waals surface area contributed by atoms with Gasteiger partial charge in [-0.15, -0.1) is 0 Å². The normalized spacial score (nSPS) is 15.3. The Morgan fingerprint density at radius 1 is 1.45 bits per heavy atom. The van der Waals surface area contributed by atoms with Crippen LogP contribution >= 0.6 is 12.2 Å². The number of hydrogen-bond donors (Lipinski definition) is 3. The van der Waals surface area contributed by atoms with Gasteiger partial charge in [-0.25, -0.2) is 4.39 Å². The third kappa shape index (κ3) is 4.86. The van der Waals surface area contributed by atoms with Crippen molar-refractivity contribution in [1.82, 2.24) is 5.32 Å². The summed E-state index contributed by atoms with van der Waals surface area (Å²) in [7, 11) is 0. The zero-order valence-corrected chi connectivity index (χ0v) is 12.7. The number of nitro benzene ring substituents is 1. The quantitative estimate of drug-likeness (QED) is 0.399. The van der Waals surface area contributed by atoms with Crippen LogP contribution in [0.15, 0.2) is 18.2 Å². The predicted molar refractivity (Wildman–Crippen MR) is 83.7 cm³/mol. The zero-order chi connectivity index (χ0) is 15.9. The van der Waals surface area contributed by atoms with E-state index < -0.39 is 10.7 Å². The maximum absolute atomic E-state index is 13.6. The molecular weight excluding hydrogens is 311 g/mol. The first-order valence-electron chi connectivity index (χ1n) is 6.96. The predicted octanol–water partition coefficient (Wildman–Crippen LogP) is -0.0646. The third-order valence-electron chi connectivity index (χ3n) is 3.37. The van der Waals surface area contributed by atoms with Crippen LogP contribution in [0.1, 0.15) is 0 Å². The van der Waals surface area contributed by atoms with E-state index in [0.717, 1.165) is 51.0 Å². The molecule has 7 nitrogen and oxygen atoms in total. The van der Waals surface area contributed by atoms with Gasteiger partial charge in [-0.3, -0.25) is 10.1 Å². The molecular formula is C13H18FN4O3S+. The van der Waals surface area contributed by atoms with Crippen LogP contribution in [0.5, 0.6) is 0 Å². The van der Waals surface area contributed by atoms with E-state index >= 15 is 0 Å². The maximum atomic E-state index is 13.6. The van der Waals surface area contributed by atoms with E-state index in [0.29, 0.717) is 6.54 Å². The van der Waals surface area contributed by atoms with Crippen molar-refractivity contribution in [2.24, 2.45) is 0 Å². The molecule has 1 aliphatic heterocycles. The summed E-state index contributed by atoms with van der Waals surface area (Å²) >= 11 is 5.08. The van der Waals surface area contributed by atoms with Crippen molar-refractivity contribution in [3.8, 4) is 0 Å². The van der Waals surface area contributed by atoms with Crippen LogP contribution in [0.3, 0.4) is 0 Å². The summed E-state index contributed by atoms with van der Waals surface area (Å²) in [5, 5.41) is 16.6. The Labute approximate surface area is 132 Å². The summed E-state index contributed by atoms with van der Waals surface area (Å²) in [6, 6.07) is 3.27. The number of morpholine rings is 1. The molecule has 120 valence electrons. The number of anilines is 1. The van der Waals surface area contributed by atoms with Gasteiger partial charge >= 0.3 is 0 Å². The van der Waals surface area contributed by atoms with E-state index in [1.54, 1.807) is 0 Å². The maximum Gasteiger partial charge on any atom is 0.271 e. The molecule has 0 bridgehead atoms. The Morgan fingerprint density at radius 3 is 2.86 bits per heavy atom. The minimum atomic E-state index is -0.589. The number of nitro groups is 1. The third-order valence-corrected chi connectivity index (χ3v) is 3.62. The summed E-state index contributed by atoms with van der Waals surface area (Å²) in [4.78, 5) is 11.5. The van der Waals surface area contributed by atoms with Gasteiger partial charge in [0.05, 0.1) is 36.9 Å². The molecule has 22 heavy (non-hydrogen) atoms. The SMILES string of the molecule is O=[N+]([O-])c1ccc(F)c(NC(=S)NCC[NH+]2CCOCC2)c1. The molecule has 3 N–H and O–H groups in total. The first kappa shape index (κ1) is 16.5. The lowest BCUT2D eigenvalue weighted by Gasteiger charge is -2.24. The van der Waals surface area contributed by atoms with Crippen molar-refractivity contribution in [2.45, 2.75) is 0 Å². The fourth-order valence-corrected chi connectivity index (χ4v) is 2.36. The average molecular weight is 329 g/mol. The van der Waals surface area contributed by atoms with Gasteiger partial charge in [-0.1, -0.05) is 0 Å². The summed E-state index contributed by atoms with van der Waals surface area (Å²) < 4.78 is 18.9. The van der Waals surface area contributed by atoms with Crippen molar-refractivity contribution in [1.29, 1.82) is 0 Å².